The maximum absolute atomic E-state index is 11.2. The molecule has 0 bridgehead atoms. The van der Waals surface area contributed by atoms with Crippen molar-refractivity contribution in [2.24, 2.45) is 11.7 Å². The van der Waals surface area contributed by atoms with Crippen LogP contribution in [-0.2, 0) is 14.3 Å². The van der Waals surface area contributed by atoms with Crippen LogP contribution in [0.2, 0.25) is 0 Å². The van der Waals surface area contributed by atoms with Gasteiger partial charge in [0.25, 0.3) is 0 Å². The fourth-order valence-electron chi connectivity index (χ4n) is 0.728. The average Bonchev–Trinajstić information content (AvgIpc) is 2.17. The molecular weight excluding hydrogens is 172 g/mol. The summed E-state index contributed by atoms with van der Waals surface area (Å²) in [6.45, 7) is 2.45. The molecule has 0 spiro atoms. The molecule has 1 amide bonds. The molecule has 1 atom stereocenters. The van der Waals surface area contributed by atoms with E-state index in [9.17, 15) is 4.79 Å². The van der Waals surface area contributed by atoms with Crippen LogP contribution in [0.4, 0.5) is 0 Å². The van der Waals surface area contributed by atoms with Crippen molar-refractivity contribution in [3.05, 3.63) is 0 Å². The first-order valence-electron chi connectivity index (χ1n) is 4.19. The van der Waals surface area contributed by atoms with Crippen LogP contribution >= 0.6 is 0 Å². The summed E-state index contributed by atoms with van der Waals surface area (Å²) in [5.41, 5.74) is 5.32. The van der Waals surface area contributed by atoms with E-state index in [1.807, 2.05) is 0 Å². The monoisotopic (exact) mass is 190 g/mol. The van der Waals surface area contributed by atoms with Crippen LogP contribution < -0.4 is 11.1 Å². The maximum atomic E-state index is 11.2. The molecule has 5 nitrogen and oxygen atoms in total. The lowest BCUT2D eigenvalue weighted by molar-refractivity contribution is -0.130. The fraction of sp³-hybridized carbons (Fsp3) is 0.875. The minimum Gasteiger partial charge on any atom is -0.354 e. The molecule has 0 rings (SSSR count). The summed E-state index contributed by atoms with van der Waals surface area (Å²) in [5.74, 6) is -0.254. The van der Waals surface area contributed by atoms with Crippen molar-refractivity contribution >= 4 is 5.91 Å². The molecule has 0 aliphatic carbocycles. The van der Waals surface area contributed by atoms with E-state index in [-0.39, 0.29) is 11.8 Å². The lowest BCUT2D eigenvalue weighted by Crippen LogP contribution is -2.39. The number of nitrogens with two attached hydrogens (primary N) is 1. The van der Waals surface area contributed by atoms with Crippen molar-refractivity contribution < 1.29 is 14.3 Å². The van der Waals surface area contributed by atoms with Crippen LogP contribution in [0.5, 0.6) is 0 Å². The third-order valence-electron chi connectivity index (χ3n) is 1.77. The van der Waals surface area contributed by atoms with Gasteiger partial charge in [-0.05, 0) is 0 Å². The second kappa shape index (κ2) is 6.82. The van der Waals surface area contributed by atoms with Crippen LogP contribution in [0.3, 0.4) is 0 Å². The van der Waals surface area contributed by atoms with Gasteiger partial charge in [-0.2, -0.15) is 0 Å². The summed E-state index contributed by atoms with van der Waals surface area (Å²) >= 11 is 0. The highest BCUT2D eigenvalue weighted by atomic mass is 16.7. The Hall–Kier alpha value is -0.650. The molecule has 13 heavy (non-hydrogen) atoms. The number of rotatable bonds is 6. The van der Waals surface area contributed by atoms with Gasteiger partial charge in [-0.25, -0.2) is 0 Å². The molecule has 5 heteroatoms. The standard InChI is InChI=1S/C8H18N2O3/c1-6(4-9)8(11)10-5-7(12-2)13-3/h6-7H,4-5,9H2,1-3H3,(H,10,11). The first kappa shape index (κ1) is 12.3. The molecule has 0 saturated heterocycles. The number of methoxy groups -OCH3 is 2. The normalized spacial score (nSPS) is 13.0. The minimum absolute atomic E-state index is 0.0819. The molecule has 3 N–H and O–H groups in total. The van der Waals surface area contributed by atoms with Crippen LogP contribution in [0.1, 0.15) is 6.92 Å². The molecule has 0 radical (unpaired) electrons. The number of carbonyl (C=O) groups excluding carboxylic acids is 1. The van der Waals surface area contributed by atoms with Crippen LogP contribution in [0.15, 0.2) is 0 Å². The Kier molecular flexibility index (Phi) is 6.48. The van der Waals surface area contributed by atoms with E-state index in [0.717, 1.165) is 0 Å². The first-order chi connectivity index (χ1) is 6.15. The zero-order chi connectivity index (χ0) is 10.3. The fourth-order valence-corrected chi connectivity index (χ4v) is 0.728. The maximum Gasteiger partial charge on any atom is 0.224 e. The number of hydrogen-bond donors (Lipinski definition) is 2. The second-order valence-corrected chi connectivity index (χ2v) is 2.78. The Morgan fingerprint density at radius 2 is 2.00 bits per heavy atom. The second-order valence-electron chi connectivity index (χ2n) is 2.78. The molecule has 1 unspecified atom stereocenters. The quantitative estimate of drug-likeness (QED) is 0.544. The van der Waals surface area contributed by atoms with Gasteiger partial charge in [0.15, 0.2) is 6.29 Å². The van der Waals surface area contributed by atoms with Gasteiger partial charge >= 0.3 is 0 Å². The van der Waals surface area contributed by atoms with Gasteiger partial charge < -0.3 is 20.5 Å². The molecule has 0 aromatic heterocycles. The molecule has 0 heterocycles. The lowest BCUT2D eigenvalue weighted by Gasteiger charge is -2.15. The highest BCUT2D eigenvalue weighted by Crippen LogP contribution is 1.92. The number of hydrogen-bond acceptors (Lipinski definition) is 4. The van der Waals surface area contributed by atoms with Crippen LogP contribution in [0, 0.1) is 5.92 Å². The number of ether oxygens (including phenoxy) is 2. The van der Waals surface area contributed by atoms with Gasteiger partial charge in [-0.3, -0.25) is 4.79 Å². The van der Waals surface area contributed by atoms with Gasteiger partial charge in [0.05, 0.1) is 6.54 Å². The summed E-state index contributed by atoms with van der Waals surface area (Å²) in [6, 6.07) is 0. The van der Waals surface area contributed by atoms with Gasteiger partial charge in [-0.15, -0.1) is 0 Å². The smallest absolute Gasteiger partial charge is 0.224 e. The molecular formula is C8H18N2O3. The van der Waals surface area contributed by atoms with E-state index >= 15 is 0 Å². The molecule has 0 aromatic carbocycles. The topological polar surface area (TPSA) is 73.6 Å². The summed E-state index contributed by atoms with van der Waals surface area (Å²) in [5, 5.41) is 2.67. The van der Waals surface area contributed by atoms with Crippen molar-refractivity contribution in [3.63, 3.8) is 0 Å². The predicted molar refractivity (Wildman–Crippen MR) is 49.0 cm³/mol. The van der Waals surface area contributed by atoms with Gasteiger partial charge in [0, 0.05) is 26.7 Å². The molecule has 0 aliphatic heterocycles. The van der Waals surface area contributed by atoms with Crippen LogP contribution in [0.25, 0.3) is 0 Å². The molecule has 0 aromatic rings. The van der Waals surface area contributed by atoms with Crippen molar-refractivity contribution in [1.82, 2.24) is 5.32 Å². The van der Waals surface area contributed by atoms with E-state index in [1.54, 1.807) is 6.92 Å². The number of carbonyl (C=O) groups is 1. The predicted octanol–water partition coefficient (Wildman–Crippen LogP) is -0.684. The largest absolute Gasteiger partial charge is 0.354 e. The van der Waals surface area contributed by atoms with E-state index < -0.39 is 6.29 Å². The molecule has 78 valence electrons. The third-order valence-corrected chi connectivity index (χ3v) is 1.77. The number of amides is 1. The van der Waals surface area contributed by atoms with Crippen molar-refractivity contribution in [2.75, 3.05) is 27.3 Å². The SMILES string of the molecule is COC(CNC(=O)C(C)CN)OC. The Morgan fingerprint density at radius 1 is 1.46 bits per heavy atom. The summed E-state index contributed by atoms with van der Waals surface area (Å²) < 4.78 is 9.79. The van der Waals surface area contributed by atoms with Gasteiger partial charge in [-0.1, -0.05) is 6.92 Å². The van der Waals surface area contributed by atoms with Gasteiger partial charge in [0.1, 0.15) is 0 Å². The van der Waals surface area contributed by atoms with Crippen molar-refractivity contribution in [3.8, 4) is 0 Å². The number of nitrogens with one attached hydrogen (secondary N) is 1. The van der Waals surface area contributed by atoms with E-state index in [4.69, 9.17) is 15.2 Å². The summed E-state index contributed by atoms with van der Waals surface area (Å²) in [7, 11) is 3.04. The van der Waals surface area contributed by atoms with E-state index in [1.165, 1.54) is 14.2 Å². The van der Waals surface area contributed by atoms with Gasteiger partial charge in [0.2, 0.25) is 5.91 Å². The Morgan fingerprint density at radius 3 is 2.38 bits per heavy atom. The van der Waals surface area contributed by atoms with Crippen molar-refractivity contribution in [1.29, 1.82) is 0 Å². The van der Waals surface area contributed by atoms with Crippen molar-refractivity contribution in [2.45, 2.75) is 13.2 Å². The average molecular weight is 190 g/mol. The molecule has 0 aliphatic rings. The van der Waals surface area contributed by atoms with E-state index in [2.05, 4.69) is 5.32 Å². The Labute approximate surface area is 78.6 Å². The zero-order valence-electron chi connectivity index (χ0n) is 8.37. The lowest BCUT2D eigenvalue weighted by atomic mass is 10.2. The zero-order valence-corrected chi connectivity index (χ0v) is 8.37. The highest BCUT2D eigenvalue weighted by molar-refractivity contribution is 5.78. The summed E-state index contributed by atoms with van der Waals surface area (Å²) in [4.78, 5) is 11.2. The molecule has 0 saturated carbocycles. The minimum atomic E-state index is -0.395. The van der Waals surface area contributed by atoms with Crippen LogP contribution in [-0.4, -0.2) is 39.5 Å². The van der Waals surface area contributed by atoms with E-state index in [0.29, 0.717) is 13.1 Å². The summed E-state index contributed by atoms with van der Waals surface area (Å²) in [6.07, 6.45) is -0.395. The Bertz CT molecular complexity index is 148. The highest BCUT2D eigenvalue weighted by Gasteiger charge is 2.12. The molecule has 0 fully saturated rings. The first-order valence-corrected chi connectivity index (χ1v) is 4.19. The Balaban J connectivity index is 3.68. The third kappa shape index (κ3) is 4.82.